The number of likely N-dealkylation sites (N-methyl/N-ethyl adjacent to an activating group) is 1. The lowest BCUT2D eigenvalue weighted by Gasteiger charge is -2.37. The molecule has 5 nitrogen and oxygen atoms in total. The molecule has 1 unspecified atom stereocenters. The van der Waals surface area contributed by atoms with Crippen molar-refractivity contribution in [3.8, 4) is 0 Å². The highest BCUT2D eigenvalue weighted by atomic mass is 32.1. The number of aromatic nitrogens is 3. The lowest BCUT2D eigenvalue weighted by molar-refractivity contribution is -0.140. The number of thiazole rings is 1. The van der Waals surface area contributed by atoms with E-state index in [1.165, 1.54) is 0 Å². The van der Waals surface area contributed by atoms with Gasteiger partial charge in [-0.1, -0.05) is 0 Å². The van der Waals surface area contributed by atoms with Crippen LogP contribution in [0.5, 0.6) is 0 Å². The average Bonchev–Trinajstić information content (AvgIpc) is 3.05. The highest BCUT2D eigenvalue weighted by Gasteiger charge is 2.35. The van der Waals surface area contributed by atoms with E-state index < -0.39 is 11.9 Å². The molecule has 3 rings (SSSR count). The van der Waals surface area contributed by atoms with Crippen LogP contribution in [0.3, 0.4) is 0 Å². The Hall–Kier alpha value is -1.90. The van der Waals surface area contributed by atoms with Gasteiger partial charge in [-0.25, -0.2) is 15.0 Å². The molecule has 0 saturated carbocycles. The quantitative estimate of drug-likeness (QED) is 0.843. The van der Waals surface area contributed by atoms with Crippen molar-refractivity contribution >= 4 is 22.4 Å². The molecule has 0 aromatic carbocycles. The van der Waals surface area contributed by atoms with Crippen LogP contribution in [0.25, 0.3) is 0 Å². The maximum atomic E-state index is 12.7. The number of hydrogen-bond acceptors (Lipinski definition) is 6. The first-order chi connectivity index (χ1) is 11.3. The van der Waals surface area contributed by atoms with Crippen LogP contribution in [0, 0.1) is 6.92 Å². The zero-order valence-electron chi connectivity index (χ0n) is 13.4. The van der Waals surface area contributed by atoms with Gasteiger partial charge in [-0.3, -0.25) is 0 Å². The first-order valence-corrected chi connectivity index (χ1v) is 8.51. The Labute approximate surface area is 142 Å². The highest BCUT2D eigenvalue weighted by molar-refractivity contribution is 7.13. The predicted molar refractivity (Wildman–Crippen MR) is 87.5 cm³/mol. The van der Waals surface area contributed by atoms with Gasteiger partial charge in [-0.15, -0.1) is 11.3 Å². The van der Waals surface area contributed by atoms with Crippen molar-refractivity contribution in [3.05, 3.63) is 29.0 Å². The Morgan fingerprint density at radius 2 is 2.00 bits per heavy atom. The molecule has 0 aliphatic carbocycles. The molecule has 9 heteroatoms. The predicted octanol–water partition coefficient (Wildman–Crippen LogP) is 3.37. The molecule has 1 aliphatic heterocycles. The Kier molecular flexibility index (Phi) is 4.62. The van der Waals surface area contributed by atoms with E-state index in [-0.39, 0.29) is 6.04 Å². The van der Waals surface area contributed by atoms with Crippen LogP contribution < -0.4 is 9.80 Å². The van der Waals surface area contributed by atoms with E-state index in [1.807, 2.05) is 23.8 Å². The minimum Gasteiger partial charge on any atom is -0.346 e. The third-order valence-corrected chi connectivity index (χ3v) is 4.98. The number of piperidine rings is 1. The normalized spacial score (nSPS) is 18.7. The maximum absolute atomic E-state index is 12.7. The molecule has 2 aromatic heterocycles. The Bertz CT molecular complexity index is 685. The lowest BCUT2D eigenvalue weighted by atomic mass is 10.1. The van der Waals surface area contributed by atoms with Crippen molar-refractivity contribution in [1.82, 2.24) is 15.0 Å². The molecule has 1 saturated heterocycles. The number of rotatable bonds is 3. The molecule has 1 aliphatic rings. The fourth-order valence-electron chi connectivity index (χ4n) is 2.72. The molecule has 2 aromatic rings. The third-order valence-electron chi connectivity index (χ3n) is 4.08. The lowest BCUT2D eigenvalue weighted by Crippen LogP contribution is -2.47. The molecule has 130 valence electrons. The van der Waals surface area contributed by atoms with Crippen LogP contribution in [0.4, 0.5) is 24.3 Å². The van der Waals surface area contributed by atoms with E-state index in [0.29, 0.717) is 24.2 Å². The minimum absolute atomic E-state index is 0.139. The molecule has 24 heavy (non-hydrogen) atoms. The second-order valence-corrected chi connectivity index (χ2v) is 6.76. The summed E-state index contributed by atoms with van der Waals surface area (Å²) in [4.78, 5) is 16.3. The van der Waals surface area contributed by atoms with Crippen molar-refractivity contribution in [2.24, 2.45) is 0 Å². The van der Waals surface area contributed by atoms with E-state index >= 15 is 0 Å². The van der Waals surface area contributed by atoms with Crippen LogP contribution in [0.1, 0.15) is 24.1 Å². The van der Waals surface area contributed by atoms with Crippen LogP contribution in [0.15, 0.2) is 17.8 Å². The van der Waals surface area contributed by atoms with Gasteiger partial charge in [0.15, 0.2) is 10.8 Å². The van der Waals surface area contributed by atoms with Gasteiger partial charge >= 0.3 is 6.18 Å². The number of anilines is 2. The van der Waals surface area contributed by atoms with Gasteiger partial charge in [0.05, 0.1) is 0 Å². The minimum atomic E-state index is -4.39. The van der Waals surface area contributed by atoms with Crippen LogP contribution in [0.2, 0.25) is 0 Å². The molecular formula is C15H18F3N5S. The summed E-state index contributed by atoms with van der Waals surface area (Å²) in [6, 6.07) is 0.139. The molecule has 3 heterocycles. The molecule has 1 atom stereocenters. The molecule has 0 bridgehead atoms. The van der Waals surface area contributed by atoms with E-state index in [0.717, 1.165) is 35.1 Å². The second-order valence-electron chi connectivity index (χ2n) is 5.93. The summed E-state index contributed by atoms with van der Waals surface area (Å²) in [7, 11) is 1.92. The topological polar surface area (TPSA) is 45.2 Å². The number of alkyl halides is 3. The van der Waals surface area contributed by atoms with Crippen molar-refractivity contribution < 1.29 is 13.2 Å². The fourth-order valence-corrected chi connectivity index (χ4v) is 3.58. The second kappa shape index (κ2) is 6.54. The largest absolute Gasteiger partial charge is 0.434 e. The van der Waals surface area contributed by atoms with Crippen LogP contribution in [-0.4, -0.2) is 41.1 Å². The van der Waals surface area contributed by atoms with Crippen LogP contribution >= 0.6 is 11.3 Å². The Balaban J connectivity index is 1.72. The summed E-state index contributed by atoms with van der Waals surface area (Å²) < 4.78 is 38.2. The summed E-state index contributed by atoms with van der Waals surface area (Å²) in [5, 5.41) is 1.50. The summed E-state index contributed by atoms with van der Waals surface area (Å²) in [6.07, 6.45) is 0.964. The third kappa shape index (κ3) is 3.61. The summed E-state index contributed by atoms with van der Waals surface area (Å²) in [6.45, 7) is 3.25. The summed E-state index contributed by atoms with van der Waals surface area (Å²) in [5.41, 5.74) is 0.166. The maximum Gasteiger partial charge on any atom is 0.434 e. The Morgan fingerprint density at radius 1 is 1.29 bits per heavy atom. The van der Waals surface area contributed by atoms with E-state index in [1.54, 1.807) is 12.4 Å². The highest BCUT2D eigenvalue weighted by Crippen LogP contribution is 2.34. The standard InChI is InChI=1S/C15H18F3N5S/c1-10-6-19-13(20-7-10)22(2)11-4-3-5-23(8-11)14-21-12(9-24-14)15(16,17)18/h6-7,9,11H,3-5,8H2,1-2H3. The van der Waals surface area contributed by atoms with E-state index in [2.05, 4.69) is 15.0 Å². The number of aryl methyl sites for hydroxylation is 1. The summed E-state index contributed by atoms with van der Waals surface area (Å²) >= 11 is 1.04. The molecule has 0 amide bonds. The molecule has 0 N–H and O–H groups in total. The van der Waals surface area contributed by atoms with Gasteiger partial charge < -0.3 is 9.80 Å². The monoisotopic (exact) mass is 357 g/mol. The van der Waals surface area contributed by atoms with Crippen LogP contribution in [-0.2, 0) is 6.18 Å². The number of nitrogens with zero attached hydrogens (tertiary/aromatic N) is 5. The van der Waals surface area contributed by atoms with Crippen molar-refractivity contribution in [2.45, 2.75) is 32.0 Å². The van der Waals surface area contributed by atoms with Gasteiger partial charge in [-0.05, 0) is 25.3 Å². The van der Waals surface area contributed by atoms with E-state index in [4.69, 9.17) is 0 Å². The zero-order valence-corrected chi connectivity index (χ0v) is 14.2. The van der Waals surface area contributed by atoms with Crippen molar-refractivity contribution in [3.63, 3.8) is 0 Å². The summed E-state index contributed by atoms with van der Waals surface area (Å²) in [5.74, 6) is 0.627. The molecular weight excluding hydrogens is 339 g/mol. The van der Waals surface area contributed by atoms with Gasteiger partial charge in [0, 0.05) is 44.0 Å². The number of halogens is 3. The van der Waals surface area contributed by atoms with Gasteiger partial charge in [0.25, 0.3) is 0 Å². The molecule has 0 spiro atoms. The van der Waals surface area contributed by atoms with Crippen molar-refractivity contribution in [1.29, 1.82) is 0 Å². The number of hydrogen-bond donors (Lipinski definition) is 0. The first-order valence-electron chi connectivity index (χ1n) is 7.64. The van der Waals surface area contributed by atoms with Gasteiger partial charge in [0.1, 0.15) is 0 Å². The van der Waals surface area contributed by atoms with Gasteiger partial charge in [0.2, 0.25) is 5.95 Å². The van der Waals surface area contributed by atoms with Gasteiger partial charge in [-0.2, -0.15) is 13.2 Å². The Morgan fingerprint density at radius 3 is 2.62 bits per heavy atom. The van der Waals surface area contributed by atoms with Crippen molar-refractivity contribution in [2.75, 3.05) is 29.9 Å². The SMILES string of the molecule is Cc1cnc(N(C)C2CCCN(c3nc(C(F)(F)F)cs3)C2)nc1. The smallest absolute Gasteiger partial charge is 0.346 e. The average molecular weight is 357 g/mol. The van der Waals surface area contributed by atoms with E-state index in [9.17, 15) is 13.2 Å². The first kappa shape index (κ1) is 16.9. The fraction of sp³-hybridized carbons (Fsp3) is 0.533. The molecule has 1 fully saturated rings. The molecule has 0 radical (unpaired) electrons. The zero-order chi connectivity index (χ0) is 17.3.